The van der Waals surface area contributed by atoms with Gasteiger partial charge in [0.1, 0.15) is 0 Å². The average Bonchev–Trinajstić information content (AvgIpc) is 3.17. The van der Waals surface area contributed by atoms with E-state index in [-0.39, 0.29) is 6.04 Å². The van der Waals surface area contributed by atoms with Gasteiger partial charge >= 0.3 is 0 Å². The van der Waals surface area contributed by atoms with Crippen LogP contribution in [0.3, 0.4) is 0 Å². The highest BCUT2D eigenvalue weighted by atomic mass is 35.5. The van der Waals surface area contributed by atoms with E-state index in [4.69, 9.17) is 16.0 Å². The molecule has 2 aromatic heterocycles. The number of aryl methyl sites for hydroxylation is 1. The Labute approximate surface area is 141 Å². The fourth-order valence-corrected chi connectivity index (χ4v) is 3.68. The van der Waals surface area contributed by atoms with Gasteiger partial charge in [0.2, 0.25) is 0 Å². The van der Waals surface area contributed by atoms with Crippen molar-refractivity contribution in [1.82, 2.24) is 9.47 Å². The van der Waals surface area contributed by atoms with Crippen LogP contribution in [0.1, 0.15) is 29.3 Å². The van der Waals surface area contributed by atoms with Crippen molar-refractivity contribution >= 4 is 11.6 Å². The van der Waals surface area contributed by atoms with Crippen LogP contribution in [0.4, 0.5) is 0 Å². The van der Waals surface area contributed by atoms with Gasteiger partial charge in [0.25, 0.3) is 0 Å². The van der Waals surface area contributed by atoms with Gasteiger partial charge in [-0.2, -0.15) is 0 Å². The number of fused-ring (bicyclic) bond motifs is 1. The molecule has 4 heteroatoms. The fraction of sp³-hybridized carbons (Fsp3) is 0.263. The molecule has 1 aromatic carbocycles. The second kappa shape index (κ2) is 6.26. The highest BCUT2D eigenvalue weighted by molar-refractivity contribution is 6.30. The summed E-state index contributed by atoms with van der Waals surface area (Å²) in [7, 11) is 0. The number of halogens is 1. The molecule has 0 aliphatic carbocycles. The van der Waals surface area contributed by atoms with Crippen LogP contribution in [0.15, 0.2) is 65.6 Å². The maximum Gasteiger partial charge on any atom is 0.0947 e. The Bertz CT molecular complexity index is 778. The van der Waals surface area contributed by atoms with E-state index >= 15 is 0 Å². The van der Waals surface area contributed by atoms with Crippen LogP contribution < -0.4 is 0 Å². The Morgan fingerprint density at radius 3 is 2.91 bits per heavy atom. The first-order chi connectivity index (χ1) is 11.3. The van der Waals surface area contributed by atoms with E-state index in [9.17, 15) is 0 Å². The molecule has 0 radical (unpaired) electrons. The molecular weight excluding hydrogens is 308 g/mol. The van der Waals surface area contributed by atoms with Crippen molar-refractivity contribution < 1.29 is 4.42 Å². The van der Waals surface area contributed by atoms with Gasteiger partial charge in [0.15, 0.2) is 0 Å². The highest BCUT2D eigenvalue weighted by Gasteiger charge is 2.27. The molecular formula is C19H19ClN2O. The molecule has 0 bridgehead atoms. The Morgan fingerprint density at radius 2 is 2.09 bits per heavy atom. The second-order valence-electron chi connectivity index (χ2n) is 6.04. The molecule has 3 nitrogen and oxygen atoms in total. The first-order valence-corrected chi connectivity index (χ1v) is 8.35. The van der Waals surface area contributed by atoms with E-state index in [1.807, 2.05) is 24.5 Å². The zero-order valence-electron chi connectivity index (χ0n) is 12.9. The summed E-state index contributed by atoms with van der Waals surface area (Å²) >= 11 is 6.26. The number of nitrogens with zero attached hydrogens (tertiary/aromatic N) is 2. The number of hydrogen-bond acceptors (Lipinski definition) is 2. The van der Waals surface area contributed by atoms with Crippen LogP contribution in [0, 0.1) is 0 Å². The zero-order chi connectivity index (χ0) is 15.6. The third kappa shape index (κ3) is 2.94. The quantitative estimate of drug-likeness (QED) is 0.694. The first-order valence-electron chi connectivity index (χ1n) is 7.97. The number of aromatic nitrogens is 1. The van der Waals surface area contributed by atoms with E-state index in [2.05, 4.69) is 39.9 Å². The van der Waals surface area contributed by atoms with Crippen LogP contribution in [0.2, 0.25) is 5.02 Å². The predicted molar refractivity (Wildman–Crippen MR) is 91.5 cm³/mol. The van der Waals surface area contributed by atoms with Crippen molar-refractivity contribution in [2.45, 2.75) is 25.6 Å². The summed E-state index contributed by atoms with van der Waals surface area (Å²) < 4.78 is 7.61. The minimum absolute atomic E-state index is 0.209. The molecule has 0 saturated carbocycles. The van der Waals surface area contributed by atoms with Gasteiger partial charge in [0.05, 0.1) is 18.6 Å². The summed E-state index contributed by atoms with van der Waals surface area (Å²) in [5.41, 5.74) is 3.77. The van der Waals surface area contributed by atoms with Crippen LogP contribution in [-0.2, 0) is 13.1 Å². The van der Waals surface area contributed by atoms with Crippen LogP contribution in [0.5, 0.6) is 0 Å². The van der Waals surface area contributed by atoms with Crippen LogP contribution >= 0.6 is 11.6 Å². The molecule has 0 amide bonds. The molecule has 1 unspecified atom stereocenters. The van der Waals surface area contributed by atoms with Gasteiger partial charge in [0, 0.05) is 42.1 Å². The highest BCUT2D eigenvalue weighted by Crippen LogP contribution is 2.34. The van der Waals surface area contributed by atoms with E-state index < -0.39 is 0 Å². The van der Waals surface area contributed by atoms with Gasteiger partial charge in [-0.05, 0) is 42.3 Å². The summed E-state index contributed by atoms with van der Waals surface area (Å²) in [6.07, 6.45) is 6.88. The Morgan fingerprint density at radius 1 is 1.13 bits per heavy atom. The van der Waals surface area contributed by atoms with E-state index in [0.29, 0.717) is 0 Å². The van der Waals surface area contributed by atoms with E-state index in [0.717, 1.165) is 31.1 Å². The molecule has 3 heterocycles. The van der Waals surface area contributed by atoms with Crippen LogP contribution in [-0.4, -0.2) is 16.0 Å². The lowest BCUT2D eigenvalue weighted by Crippen LogP contribution is -2.29. The molecule has 1 aliphatic heterocycles. The molecule has 118 valence electrons. The summed E-state index contributed by atoms with van der Waals surface area (Å²) in [6.45, 7) is 2.98. The molecule has 0 saturated heterocycles. The standard InChI is InChI=1S/C19H19ClN2O/c20-17-5-1-4-16(12-17)19-18-6-2-8-21(18)9-3-10-22(19)13-15-7-11-23-14-15/h1-2,4-8,11-12,14,19H,3,9-10,13H2. The fourth-order valence-electron chi connectivity index (χ4n) is 3.49. The monoisotopic (exact) mass is 326 g/mol. The maximum absolute atomic E-state index is 6.26. The molecule has 0 spiro atoms. The zero-order valence-corrected chi connectivity index (χ0v) is 13.6. The first kappa shape index (κ1) is 14.6. The SMILES string of the molecule is Clc1cccc(C2c3cccn3CCCN2Cc2ccoc2)c1. The Balaban J connectivity index is 1.77. The van der Waals surface area contributed by atoms with E-state index in [1.54, 1.807) is 6.26 Å². The third-order valence-electron chi connectivity index (χ3n) is 4.48. The molecule has 1 atom stereocenters. The molecule has 0 fully saturated rings. The molecule has 1 aliphatic rings. The summed E-state index contributed by atoms with van der Waals surface area (Å²) in [6, 6.07) is 14.8. The number of rotatable bonds is 3. The molecule has 4 rings (SSSR count). The van der Waals surface area contributed by atoms with Crippen molar-refractivity contribution in [3.05, 3.63) is 83.0 Å². The van der Waals surface area contributed by atoms with Crippen molar-refractivity contribution in [2.75, 3.05) is 6.54 Å². The lowest BCUT2D eigenvalue weighted by Gasteiger charge is -2.30. The molecule has 3 aromatic rings. The summed E-state index contributed by atoms with van der Waals surface area (Å²) in [5, 5.41) is 0.785. The molecule has 23 heavy (non-hydrogen) atoms. The van der Waals surface area contributed by atoms with Gasteiger partial charge in [-0.25, -0.2) is 0 Å². The van der Waals surface area contributed by atoms with Crippen molar-refractivity contribution in [3.63, 3.8) is 0 Å². The van der Waals surface area contributed by atoms with Crippen molar-refractivity contribution in [3.8, 4) is 0 Å². The third-order valence-corrected chi connectivity index (χ3v) is 4.72. The number of furan rings is 1. The maximum atomic E-state index is 6.26. The minimum atomic E-state index is 0.209. The second-order valence-corrected chi connectivity index (χ2v) is 6.48. The number of benzene rings is 1. The smallest absolute Gasteiger partial charge is 0.0947 e. The van der Waals surface area contributed by atoms with Crippen molar-refractivity contribution in [1.29, 1.82) is 0 Å². The molecule has 0 N–H and O–H groups in total. The van der Waals surface area contributed by atoms with Gasteiger partial charge < -0.3 is 8.98 Å². The lowest BCUT2D eigenvalue weighted by atomic mass is 10.0. The van der Waals surface area contributed by atoms with Crippen molar-refractivity contribution in [2.24, 2.45) is 0 Å². The Kier molecular flexibility index (Phi) is 3.98. The van der Waals surface area contributed by atoms with E-state index in [1.165, 1.54) is 16.8 Å². The predicted octanol–water partition coefficient (Wildman–Crippen LogP) is 4.73. The average molecular weight is 327 g/mol. The number of hydrogen-bond donors (Lipinski definition) is 0. The van der Waals surface area contributed by atoms with Gasteiger partial charge in [-0.3, -0.25) is 4.90 Å². The lowest BCUT2D eigenvalue weighted by molar-refractivity contribution is 0.220. The Hall–Kier alpha value is -1.97. The van der Waals surface area contributed by atoms with Crippen LogP contribution in [0.25, 0.3) is 0 Å². The van der Waals surface area contributed by atoms with Gasteiger partial charge in [-0.15, -0.1) is 0 Å². The summed E-state index contributed by atoms with van der Waals surface area (Å²) in [5.74, 6) is 0. The topological polar surface area (TPSA) is 21.3 Å². The summed E-state index contributed by atoms with van der Waals surface area (Å²) in [4.78, 5) is 2.51. The largest absolute Gasteiger partial charge is 0.472 e. The minimum Gasteiger partial charge on any atom is -0.472 e. The normalized spacial score (nSPS) is 18.6. The van der Waals surface area contributed by atoms with Gasteiger partial charge in [-0.1, -0.05) is 23.7 Å².